The maximum Gasteiger partial charge on any atom is 0.0952 e. The summed E-state index contributed by atoms with van der Waals surface area (Å²) in [4.78, 5) is 10.2. The molecule has 2 nitrogen and oxygen atoms in total. The maximum absolute atomic E-state index is 5.09. The Balaban J connectivity index is 0.000000318. The van der Waals surface area contributed by atoms with Crippen LogP contribution in [-0.4, -0.2) is 11.2 Å². The molecule has 0 amide bonds. The highest BCUT2D eigenvalue weighted by atomic mass is 17.2. The monoisotopic (exact) mass is 244 g/mol. The fourth-order valence-corrected chi connectivity index (χ4v) is 1.56. The quantitative estimate of drug-likeness (QED) is 0.471. The van der Waals surface area contributed by atoms with E-state index < -0.39 is 0 Å². The van der Waals surface area contributed by atoms with Crippen LogP contribution in [0.5, 0.6) is 0 Å². The molecular weight excluding hydrogens is 212 g/mol. The van der Waals surface area contributed by atoms with Crippen molar-refractivity contribution in [1.82, 2.24) is 0 Å². The van der Waals surface area contributed by atoms with Crippen LogP contribution in [0, 0.1) is 5.92 Å². The van der Waals surface area contributed by atoms with E-state index in [9.17, 15) is 0 Å². The zero-order valence-corrected chi connectivity index (χ0v) is 12.9. The zero-order valence-electron chi connectivity index (χ0n) is 12.9. The molecule has 0 aromatic rings. The minimum atomic E-state index is -0.215. The first-order valence-corrected chi connectivity index (χ1v) is 6.97. The lowest BCUT2D eigenvalue weighted by Gasteiger charge is -2.24. The van der Waals surface area contributed by atoms with Gasteiger partial charge in [-0.05, 0) is 47.5 Å². The standard InChI is InChI=1S/C8H18O2.C7H14/c1-7(2,3)9-10-8(4,5)6;1-7-5-3-2-4-6-7/h1-6H3;7H,2-6H2,1H3. The molecule has 0 bridgehead atoms. The molecule has 0 aliphatic heterocycles. The largest absolute Gasteiger partial charge is 0.230 e. The van der Waals surface area contributed by atoms with E-state index in [1.165, 1.54) is 32.1 Å². The Morgan fingerprint density at radius 3 is 1.24 bits per heavy atom. The molecule has 0 aromatic carbocycles. The summed E-state index contributed by atoms with van der Waals surface area (Å²) in [5.41, 5.74) is -0.430. The molecule has 0 N–H and O–H groups in total. The normalized spacial score (nSPS) is 18.5. The van der Waals surface area contributed by atoms with Crippen LogP contribution in [0.25, 0.3) is 0 Å². The highest BCUT2D eigenvalue weighted by Gasteiger charge is 2.18. The summed E-state index contributed by atoms with van der Waals surface area (Å²) >= 11 is 0. The second-order valence-electron chi connectivity index (χ2n) is 7.13. The van der Waals surface area contributed by atoms with Crippen LogP contribution in [0.1, 0.15) is 80.6 Å². The van der Waals surface area contributed by atoms with E-state index in [1.54, 1.807) is 0 Å². The lowest BCUT2D eigenvalue weighted by atomic mass is 9.91. The molecule has 0 saturated heterocycles. The third-order valence-corrected chi connectivity index (χ3v) is 2.44. The van der Waals surface area contributed by atoms with Crippen LogP contribution in [0.15, 0.2) is 0 Å². The predicted molar refractivity (Wildman–Crippen MR) is 73.9 cm³/mol. The van der Waals surface area contributed by atoms with Gasteiger partial charge in [0.15, 0.2) is 0 Å². The van der Waals surface area contributed by atoms with Gasteiger partial charge in [-0.15, -0.1) is 0 Å². The van der Waals surface area contributed by atoms with E-state index in [4.69, 9.17) is 9.78 Å². The van der Waals surface area contributed by atoms with Gasteiger partial charge in [0.1, 0.15) is 0 Å². The van der Waals surface area contributed by atoms with Gasteiger partial charge in [0, 0.05) is 0 Å². The minimum Gasteiger partial charge on any atom is -0.230 e. The van der Waals surface area contributed by atoms with E-state index in [0.29, 0.717) is 0 Å². The molecule has 0 unspecified atom stereocenters. The Labute approximate surface area is 108 Å². The van der Waals surface area contributed by atoms with Gasteiger partial charge in [-0.2, -0.15) is 0 Å². The second kappa shape index (κ2) is 7.38. The van der Waals surface area contributed by atoms with Gasteiger partial charge in [-0.25, -0.2) is 9.78 Å². The van der Waals surface area contributed by atoms with Crippen molar-refractivity contribution in [3.63, 3.8) is 0 Å². The lowest BCUT2D eigenvalue weighted by molar-refractivity contribution is -0.393. The van der Waals surface area contributed by atoms with Gasteiger partial charge in [0.25, 0.3) is 0 Å². The average Bonchev–Trinajstić information content (AvgIpc) is 2.15. The fraction of sp³-hybridized carbons (Fsp3) is 1.00. The van der Waals surface area contributed by atoms with Crippen LogP contribution < -0.4 is 0 Å². The molecule has 2 heteroatoms. The van der Waals surface area contributed by atoms with Crippen LogP contribution in [0.3, 0.4) is 0 Å². The van der Waals surface area contributed by atoms with Crippen molar-refractivity contribution in [2.45, 2.75) is 91.8 Å². The predicted octanol–water partition coefficient (Wildman–Crippen LogP) is 5.12. The molecule has 1 saturated carbocycles. The van der Waals surface area contributed by atoms with Crippen molar-refractivity contribution >= 4 is 0 Å². The summed E-state index contributed by atoms with van der Waals surface area (Å²) in [5.74, 6) is 1.04. The number of rotatable bonds is 1. The summed E-state index contributed by atoms with van der Waals surface area (Å²) < 4.78 is 0. The summed E-state index contributed by atoms with van der Waals surface area (Å²) in [7, 11) is 0. The van der Waals surface area contributed by atoms with Gasteiger partial charge >= 0.3 is 0 Å². The molecule has 1 aliphatic carbocycles. The zero-order chi connectivity index (χ0) is 13.5. The SMILES string of the molecule is CC(C)(C)OOC(C)(C)C.CC1CCCCC1. The summed E-state index contributed by atoms with van der Waals surface area (Å²) in [5, 5.41) is 0. The first-order valence-electron chi connectivity index (χ1n) is 6.97. The Morgan fingerprint density at radius 1 is 0.706 bits per heavy atom. The topological polar surface area (TPSA) is 18.5 Å². The van der Waals surface area contributed by atoms with Crippen LogP contribution in [-0.2, 0) is 9.78 Å². The first kappa shape index (κ1) is 16.9. The molecule has 1 fully saturated rings. The van der Waals surface area contributed by atoms with Crippen molar-refractivity contribution in [3.8, 4) is 0 Å². The molecular formula is C15H32O2. The molecule has 104 valence electrons. The Morgan fingerprint density at radius 2 is 1.06 bits per heavy atom. The van der Waals surface area contributed by atoms with E-state index in [-0.39, 0.29) is 11.2 Å². The summed E-state index contributed by atoms with van der Waals surface area (Å²) in [6.45, 7) is 14.1. The van der Waals surface area contributed by atoms with E-state index in [2.05, 4.69) is 6.92 Å². The Bertz CT molecular complexity index is 166. The Kier molecular flexibility index (Phi) is 7.34. The average molecular weight is 244 g/mol. The maximum atomic E-state index is 5.09. The van der Waals surface area contributed by atoms with E-state index in [1.807, 2.05) is 41.5 Å². The van der Waals surface area contributed by atoms with Crippen LogP contribution in [0.4, 0.5) is 0 Å². The van der Waals surface area contributed by atoms with Crippen LogP contribution in [0.2, 0.25) is 0 Å². The summed E-state index contributed by atoms with van der Waals surface area (Å²) in [6, 6.07) is 0. The fourth-order valence-electron chi connectivity index (χ4n) is 1.56. The molecule has 1 aliphatic rings. The van der Waals surface area contributed by atoms with Gasteiger partial charge in [0.05, 0.1) is 11.2 Å². The molecule has 1 rings (SSSR count). The highest BCUT2D eigenvalue weighted by molar-refractivity contribution is 4.60. The van der Waals surface area contributed by atoms with E-state index >= 15 is 0 Å². The smallest absolute Gasteiger partial charge is 0.0952 e. The lowest BCUT2D eigenvalue weighted by Crippen LogP contribution is -2.27. The van der Waals surface area contributed by atoms with Crippen molar-refractivity contribution in [3.05, 3.63) is 0 Å². The van der Waals surface area contributed by atoms with Gasteiger partial charge < -0.3 is 0 Å². The molecule has 0 spiro atoms. The van der Waals surface area contributed by atoms with Gasteiger partial charge in [-0.3, -0.25) is 0 Å². The molecule has 0 radical (unpaired) electrons. The molecule has 17 heavy (non-hydrogen) atoms. The molecule has 0 heterocycles. The van der Waals surface area contributed by atoms with Crippen molar-refractivity contribution in [2.24, 2.45) is 5.92 Å². The van der Waals surface area contributed by atoms with Crippen molar-refractivity contribution < 1.29 is 9.78 Å². The third-order valence-electron chi connectivity index (χ3n) is 2.44. The van der Waals surface area contributed by atoms with Gasteiger partial charge in [-0.1, -0.05) is 39.0 Å². The van der Waals surface area contributed by atoms with E-state index in [0.717, 1.165) is 5.92 Å². The summed E-state index contributed by atoms with van der Waals surface area (Å²) in [6.07, 6.45) is 7.44. The number of hydrogen-bond donors (Lipinski definition) is 0. The number of hydrogen-bond acceptors (Lipinski definition) is 2. The second-order valence-corrected chi connectivity index (χ2v) is 7.13. The highest BCUT2D eigenvalue weighted by Crippen LogP contribution is 2.22. The van der Waals surface area contributed by atoms with Crippen molar-refractivity contribution in [1.29, 1.82) is 0 Å². The Hall–Kier alpha value is -0.0800. The van der Waals surface area contributed by atoms with Crippen molar-refractivity contribution in [2.75, 3.05) is 0 Å². The third kappa shape index (κ3) is 13.9. The first-order chi connectivity index (χ1) is 7.60. The van der Waals surface area contributed by atoms with Crippen LogP contribution >= 0.6 is 0 Å². The van der Waals surface area contributed by atoms with Gasteiger partial charge in [0.2, 0.25) is 0 Å². The minimum absolute atomic E-state index is 0.215. The molecule has 0 aromatic heterocycles. The molecule has 0 atom stereocenters.